The van der Waals surface area contributed by atoms with Gasteiger partial charge >= 0.3 is 23.9 Å². The lowest BCUT2D eigenvalue weighted by molar-refractivity contribution is -0.343. The summed E-state index contributed by atoms with van der Waals surface area (Å²) in [4.78, 5) is 11.0. The minimum absolute atomic E-state index is 0.312. The molecule has 2 nitrogen and oxygen atoms in total. The first kappa shape index (κ1) is 16.3. The van der Waals surface area contributed by atoms with Crippen molar-refractivity contribution in [2.75, 3.05) is 5.32 Å². The second-order valence-electron chi connectivity index (χ2n) is 3.97. The molecule has 0 aliphatic heterocycles. The van der Waals surface area contributed by atoms with Crippen LogP contribution in [0.1, 0.15) is 5.56 Å². The lowest BCUT2D eigenvalue weighted by atomic mass is 10.1. The van der Waals surface area contributed by atoms with Crippen LogP contribution in [0.25, 0.3) is 0 Å². The topological polar surface area (TPSA) is 29.1 Å². The largest absolute Gasteiger partial charge is 0.460 e. The van der Waals surface area contributed by atoms with Gasteiger partial charge in [0, 0.05) is 5.69 Å². The normalized spacial score (nSPS) is 13.2. The Labute approximate surface area is 108 Å². The van der Waals surface area contributed by atoms with Crippen molar-refractivity contribution in [1.82, 2.24) is 0 Å². The Morgan fingerprint density at radius 1 is 1.05 bits per heavy atom. The molecule has 0 radical (unpaired) electrons. The molecule has 0 heterocycles. The molecular weight excluding hydrogens is 295 g/mol. The fraction of sp³-hybridized carbons (Fsp3) is 0.364. The summed E-state index contributed by atoms with van der Waals surface area (Å²) in [7, 11) is 0. The van der Waals surface area contributed by atoms with Crippen molar-refractivity contribution in [2.45, 2.75) is 24.9 Å². The molecule has 0 saturated heterocycles. The quantitative estimate of drug-likeness (QED) is 0.846. The molecular formula is C11H8F7NO. The zero-order valence-corrected chi connectivity index (χ0v) is 9.86. The molecule has 0 bridgehead atoms. The fourth-order valence-electron chi connectivity index (χ4n) is 1.25. The van der Waals surface area contributed by atoms with Gasteiger partial charge in [0.05, 0.1) is 0 Å². The van der Waals surface area contributed by atoms with E-state index in [1.54, 1.807) is 0 Å². The molecule has 0 saturated carbocycles. The number of benzene rings is 1. The predicted octanol–water partition coefficient (Wildman–Crippen LogP) is 3.77. The van der Waals surface area contributed by atoms with Gasteiger partial charge in [-0.2, -0.15) is 30.7 Å². The minimum Gasteiger partial charge on any atom is -0.321 e. The Hall–Kier alpha value is -1.80. The molecule has 0 fully saturated rings. The lowest BCUT2D eigenvalue weighted by Crippen LogP contribution is -2.57. The molecule has 112 valence electrons. The number of nitrogens with one attached hydrogen (secondary N) is 1. The maximum Gasteiger partial charge on any atom is 0.460 e. The average Bonchev–Trinajstić information content (AvgIpc) is 2.27. The third-order valence-corrected chi connectivity index (χ3v) is 2.31. The Morgan fingerprint density at radius 3 is 2.05 bits per heavy atom. The molecule has 1 aromatic carbocycles. The molecule has 1 aromatic rings. The van der Waals surface area contributed by atoms with Gasteiger partial charge in [-0.25, -0.2) is 0 Å². The summed E-state index contributed by atoms with van der Waals surface area (Å²) in [5.41, 5.74) is 0.182. The van der Waals surface area contributed by atoms with Crippen LogP contribution in [0.2, 0.25) is 0 Å². The van der Waals surface area contributed by atoms with Gasteiger partial charge in [-0.3, -0.25) is 4.79 Å². The van der Waals surface area contributed by atoms with Crippen LogP contribution in [-0.2, 0) is 4.79 Å². The summed E-state index contributed by atoms with van der Waals surface area (Å²) in [5.74, 6) is -15.1. The number of carbonyl (C=O) groups is 1. The van der Waals surface area contributed by atoms with E-state index in [-0.39, 0.29) is 5.69 Å². The lowest BCUT2D eigenvalue weighted by Gasteiger charge is -2.27. The van der Waals surface area contributed by atoms with E-state index in [4.69, 9.17) is 0 Å². The van der Waals surface area contributed by atoms with Crippen molar-refractivity contribution in [1.29, 1.82) is 0 Å². The Balaban J connectivity index is 3.01. The number of halogens is 7. The maximum atomic E-state index is 13.0. The van der Waals surface area contributed by atoms with E-state index in [1.165, 1.54) is 24.4 Å². The first-order valence-electron chi connectivity index (χ1n) is 5.10. The maximum absolute atomic E-state index is 13.0. The number of hydrogen-bond donors (Lipinski definition) is 1. The number of aryl methyl sites for hydroxylation is 1. The summed E-state index contributed by atoms with van der Waals surface area (Å²) >= 11 is 0. The van der Waals surface area contributed by atoms with Crippen molar-refractivity contribution < 1.29 is 35.5 Å². The molecule has 0 aliphatic rings. The Morgan fingerprint density at radius 2 is 1.60 bits per heavy atom. The summed E-state index contributed by atoms with van der Waals surface area (Å²) in [6.45, 7) is 1.51. The second-order valence-corrected chi connectivity index (χ2v) is 3.97. The molecule has 1 amide bonds. The molecule has 1 N–H and O–H groups in total. The monoisotopic (exact) mass is 303 g/mol. The van der Waals surface area contributed by atoms with Gasteiger partial charge in [-0.1, -0.05) is 12.1 Å². The van der Waals surface area contributed by atoms with E-state index in [0.717, 1.165) is 12.1 Å². The minimum atomic E-state index is -6.54. The first-order chi connectivity index (χ1) is 8.89. The van der Waals surface area contributed by atoms with Crippen molar-refractivity contribution in [2.24, 2.45) is 0 Å². The first-order valence-corrected chi connectivity index (χ1v) is 5.10. The highest BCUT2D eigenvalue weighted by Crippen LogP contribution is 2.46. The van der Waals surface area contributed by atoms with Crippen LogP contribution in [0.4, 0.5) is 36.4 Å². The van der Waals surface area contributed by atoms with E-state index in [1.807, 2.05) is 0 Å². The van der Waals surface area contributed by atoms with Crippen LogP contribution < -0.4 is 5.32 Å². The SMILES string of the molecule is Cc1cccc(NC(=O)C(F)(F)C(F)(F)C(F)(F)F)c1. The molecule has 9 heteroatoms. The zero-order valence-electron chi connectivity index (χ0n) is 9.86. The highest BCUT2D eigenvalue weighted by molar-refractivity contribution is 5.97. The van der Waals surface area contributed by atoms with Crippen molar-refractivity contribution in [3.63, 3.8) is 0 Å². The molecule has 0 spiro atoms. The zero-order chi connectivity index (χ0) is 15.8. The van der Waals surface area contributed by atoms with Crippen LogP contribution >= 0.6 is 0 Å². The summed E-state index contributed by atoms with van der Waals surface area (Å²) < 4.78 is 86.8. The summed E-state index contributed by atoms with van der Waals surface area (Å²) in [6.07, 6.45) is -6.54. The van der Waals surface area contributed by atoms with Crippen molar-refractivity contribution in [3.8, 4) is 0 Å². The van der Waals surface area contributed by atoms with Gasteiger partial charge in [0.1, 0.15) is 0 Å². The van der Waals surface area contributed by atoms with Gasteiger partial charge < -0.3 is 5.32 Å². The van der Waals surface area contributed by atoms with Crippen molar-refractivity contribution in [3.05, 3.63) is 29.8 Å². The molecule has 20 heavy (non-hydrogen) atoms. The molecule has 1 rings (SSSR count). The third-order valence-electron chi connectivity index (χ3n) is 2.31. The Bertz CT molecular complexity index is 510. The summed E-state index contributed by atoms with van der Waals surface area (Å²) in [6, 6.07) is 5.04. The van der Waals surface area contributed by atoms with Gasteiger partial charge in [0.25, 0.3) is 0 Å². The highest BCUT2D eigenvalue weighted by Gasteiger charge is 2.76. The van der Waals surface area contributed by atoms with Crippen LogP contribution in [0.15, 0.2) is 24.3 Å². The van der Waals surface area contributed by atoms with E-state index in [0.29, 0.717) is 5.56 Å². The molecule has 0 unspecified atom stereocenters. The Kier molecular flexibility index (Phi) is 4.02. The van der Waals surface area contributed by atoms with Crippen LogP contribution in [0.5, 0.6) is 0 Å². The van der Waals surface area contributed by atoms with E-state index >= 15 is 0 Å². The highest BCUT2D eigenvalue weighted by atomic mass is 19.4. The van der Waals surface area contributed by atoms with Crippen LogP contribution in [-0.4, -0.2) is 23.9 Å². The molecule has 0 aromatic heterocycles. The fourth-order valence-corrected chi connectivity index (χ4v) is 1.25. The summed E-state index contributed by atoms with van der Waals surface area (Å²) in [5, 5.41) is 1.33. The average molecular weight is 303 g/mol. The smallest absolute Gasteiger partial charge is 0.321 e. The van der Waals surface area contributed by atoms with Gasteiger partial charge in [-0.15, -0.1) is 0 Å². The van der Waals surface area contributed by atoms with Gasteiger partial charge in [-0.05, 0) is 24.6 Å². The number of alkyl halides is 7. The van der Waals surface area contributed by atoms with E-state index in [9.17, 15) is 35.5 Å². The number of carbonyl (C=O) groups excluding carboxylic acids is 1. The second kappa shape index (κ2) is 4.95. The van der Waals surface area contributed by atoms with E-state index < -0.39 is 23.9 Å². The van der Waals surface area contributed by atoms with Crippen LogP contribution in [0.3, 0.4) is 0 Å². The number of rotatable bonds is 3. The van der Waals surface area contributed by atoms with E-state index in [2.05, 4.69) is 0 Å². The molecule has 0 atom stereocenters. The third kappa shape index (κ3) is 2.86. The van der Waals surface area contributed by atoms with Crippen LogP contribution in [0, 0.1) is 6.92 Å². The number of anilines is 1. The molecule has 0 aliphatic carbocycles. The van der Waals surface area contributed by atoms with Gasteiger partial charge in [0.2, 0.25) is 0 Å². The van der Waals surface area contributed by atoms with Crippen molar-refractivity contribution >= 4 is 11.6 Å². The number of amides is 1. The predicted molar refractivity (Wildman–Crippen MR) is 55.8 cm³/mol. The standard InChI is InChI=1S/C11H8F7NO/c1-6-3-2-4-7(5-6)19-8(20)9(12,13)10(14,15)11(16,17)18/h2-5H,1H3,(H,19,20). The number of hydrogen-bond acceptors (Lipinski definition) is 1. The van der Waals surface area contributed by atoms with Gasteiger partial charge in [0.15, 0.2) is 0 Å².